The van der Waals surface area contributed by atoms with Gasteiger partial charge in [0.15, 0.2) is 0 Å². The van der Waals surface area contributed by atoms with Gasteiger partial charge in [0.2, 0.25) is 0 Å². The van der Waals surface area contributed by atoms with Crippen molar-refractivity contribution in [2.75, 3.05) is 14.2 Å². The molecule has 0 saturated carbocycles. The molecule has 0 radical (unpaired) electrons. The molecule has 3 aromatic rings. The number of aromatic amines is 1. The van der Waals surface area contributed by atoms with Crippen LogP contribution in [-0.2, 0) is 0 Å². The third-order valence-electron chi connectivity index (χ3n) is 3.23. The lowest BCUT2D eigenvalue weighted by Gasteiger charge is -2.11. The SMILES string of the molecule is COc1cccc(OC)c1-c1cc2ccccc2[nH]1. The van der Waals surface area contributed by atoms with Crippen LogP contribution in [0.15, 0.2) is 48.5 Å². The predicted molar refractivity (Wildman–Crippen MR) is 76.8 cm³/mol. The highest BCUT2D eigenvalue weighted by molar-refractivity contribution is 5.88. The van der Waals surface area contributed by atoms with E-state index in [4.69, 9.17) is 9.47 Å². The number of nitrogens with one attached hydrogen (secondary N) is 1. The molecule has 0 aliphatic carbocycles. The summed E-state index contributed by atoms with van der Waals surface area (Å²) >= 11 is 0. The van der Waals surface area contributed by atoms with Gasteiger partial charge in [-0.25, -0.2) is 0 Å². The van der Waals surface area contributed by atoms with Crippen LogP contribution in [-0.4, -0.2) is 19.2 Å². The van der Waals surface area contributed by atoms with Crippen molar-refractivity contribution in [2.24, 2.45) is 0 Å². The van der Waals surface area contributed by atoms with E-state index in [1.165, 1.54) is 5.39 Å². The summed E-state index contributed by atoms with van der Waals surface area (Å²) in [6, 6.07) is 16.1. The van der Waals surface area contributed by atoms with Gasteiger partial charge in [-0.15, -0.1) is 0 Å². The van der Waals surface area contributed by atoms with Crippen molar-refractivity contribution in [3.63, 3.8) is 0 Å². The lowest BCUT2D eigenvalue weighted by atomic mass is 10.1. The molecule has 3 nitrogen and oxygen atoms in total. The minimum absolute atomic E-state index is 0.797. The fourth-order valence-corrected chi connectivity index (χ4v) is 2.32. The topological polar surface area (TPSA) is 34.2 Å². The van der Waals surface area contributed by atoms with E-state index in [1.54, 1.807) is 14.2 Å². The lowest BCUT2D eigenvalue weighted by molar-refractivity contribution is 0.397. The van der Waals surface area contributed by atoms with E-state index in [-0.39, 0.29) is 0 Å². The molecule has 0 atom stereocenters. The normalized spacial score (nSPS) is 10.6. The van der Waals surface area contributed by atoms with Gasteiger partial charge >= 0.3 is 0 Å². The van der Waals surface area contributed by atoms with Crippen LogP contribution in [0.2, 0.25) is 0 Å². The van der Waals surface area contributed by atoms with E-state index in [1.807, 2.05) is 30.3 Å². The average molecular weight is 253 g/mol. The van der Waals surface area contributed by atoms with Gasteiger partial charge in [0.25, 0.3) is 0 Å². The van der Waals surface area contributed by atoms with E-state index in [0.717, 1.165) is 28.3 Å². The van der Waals surface area contributed by atoms with Crippen LogP contribution in [0.3, 0.4) is 0 Å². The number of benzene rings is 2. The lowest BCUT2D eigenvalue weighted by Crippen LogP contribution is -1.92. The minimum Gasteiger partial charge on any atom is -0.496 e. The first-order chi connectivity index (χ1) is 9.33. The molecule has 0 aliphatic heterocycles. The molecule has 2 aromatic carbocycles. The molecule has 1 aromatic heterocycles. The van der Waals surface area contributed by atoms with Crippen molar-refractivity contribution < 1.29 is 9.47 Å². The van der Waals surface area contributed by atoms with Crippen LogP contribution in [0.25, 0.3) is 22.2 Å². The summed E-state index contributed by atoms with van der Waals surface area (Å²) in [5.74, 6) is 1.59. The van der Waals surface area contributed by atoms with E-state index in [9.17, 15) is 0 Å². The quantitative estimate of drug-likeness (QED) is 0.769. The van der Waals surface area contributed by atoms with Crippen LogP contribution >= 0.6 is 0 Å². The Balaban J connectivity index is 2.25. The Morgan fingerprint density at radius 3 is 2.16 bits per heavy atom. The van der Waals surface area contributed by atoms with Gasteiger partial charge in [0.1, 0.15) is 11.5 Å². The first-order valence-electron chi connectivity index (χ1n) is 6.12. The molecule has 0 unspecified atom stereocenters. The fraction of sp³-hybridized carbons (Fsp3) is 0.125. The maximum absolute atomic E-state index is 5.44. The number of hydrogen-bond acceptors (Lipinski definition) is 2. The second kappa shape index (κ2) is 4.69. The first kappa shape index (κ1) is 11.7. The number of ether oxygens (including phenoxy) is 2. The molecule has 96 valence electrons. The summed E-state index contributed by atoms with van der Waals surface area (Å²) in [6.45, 7) is 0. The Morgan fingerprint density at radius 1 is 0.842 bits per heavy atom. The highest BCUT2D eigenvalue weighted by Crippen LogP contribution is 2.38. The summed E-state index contributed by atoms with van der Waals surface area (Å²) in [5, 5.41) is 1.17. The number of fused-ring (bicyclic) bond motifs is 1. The number of H-pyrrole nitrogens is 1. The highest BCUT2D eigenvalue weighted by atomic mass is 16.5. The minimum atomic E-state index is 0.797. The monoisotopic (exact) mass is 253 g/mol. The second-order valence-electron chi connectivity index (χ2n) is 4.31. The van der Waals surface area contributed by atoms with Crippen molar-refractivity contribution in [2.45, 2.75) is 0 Å². The van der Waals surface area contributed by atoms with Crippen molar-refractivity contribution >= 4 is 10.9 Å². The first-order valence-corrected chi connectivity index (χ1v) is 6.12. The van der Waals surface area contributed by atoms with E-state index in [2.05, 4.69) is 23.2 Å². The third-order valence-corrected chi connectivity index (χ3v) is 3.23. The van der Waals surface area contributed by atoms with Gasteiger partial charge in [-0.1, -0.05) is 24.3 Å². The van der Waals surface area contributed by atoms with Gasteiger partial charge < -0.3 is 14.5 Å². The molecule has 0 spiro atoms. The summed E-state index contributed by atoms with van der Waals surface area (Å²) in [4.78, 5) is 3.40. The number of methoxy groups -OCH3 is 2. The maximum atomic E-state index is 5.44. The molecule has 0 fully saturated rings. The molecule has 19 heavy (non-hydrogen) atoms. The summed E-state index contributed by atoms with van der Waals surface area (Å²) in [7, 11) is 3.34. The molecule has 1 heterocycles. The molecule has 3 heteroatoms. The Bertz CT molecular complexity index is 660. The predicted octanol–water partition coefficient (Wildman–Crippen LogP) is 3.85. The highest BCUT2D eigenvalue weighted by Gasteiger charge is 2.14. The molecule has 3 rings (SSSR count). The van der Waals surface area contributed by atoms with Crippen molar-refractivity contribution in [1.29, 1.82) is 0 Å². The zero-order chi connectivity index (χ0) is 13.2. The van der Waals surface area contributed by atoms with E-state index < -0.39 is 0 Å². The van der Waals surface area contributed by atoms with Gasteiger partial charge in [-0.05, 0) is 24.3 Å². The Hall–Kier alpha value is -2.42. The van der Waals surface area contributed by atoms with Crippen LogP contribution in [0, 0.1) is 0 Å². The van der Waals surface area contributed by atoms with Crippen LogP contribution in [0.4, 0.5) is 0 Å². The molecule has 0 saturated heterocycles. The third kappa shape index (κ3) is 1.93. The zero-order valence-electron chi connectivity index (χ0n) is 10.9. The van der Waals surface area contributed by atoms with E-state index in [0.29, 0.717) is 0 Å². The number of hydrogen-bond donors (Lipinski definition) is 1. The molecule has 1 N–H and O–H groups in total. The summed E-state index contributed by atoms with van der Waals surface area (Å²) < 4.78 is 10.9. The number of para-hydroxylation sites is 1. The van der Waals surface area contributed by atoms with Crippen molar-refractivity contribution in [1.82, 2.24) is 4.98 Å². The second-order valence-corrected chi connectivity index (χ2v) is 4.31. The number of rotatable bonds is 3. The largest absolute Gasteiger partial charge is 0.496 e. The van der Waals surface area contributed by atoms with Gasteiger partial charge in [0, 0.05) is 10.9 Å². The van der Waals surface area contributed by atoms with Crippen molar-refractivity contribution in [3.05, 3.63) is 48.5 Å². The number of aromatic nitrogens is 1. The molecule has 0 bridgehead atoms. The molecule has 0 aliphatic rings. The van der Waals surface area contributed by atoms with Crippen LogP contribution < -0.4 is 9.47 Å². The molecular formula is C16H15NO2. The van der Waals surface area contributed by atoms with Gasteiger partial charge in [-0.3, -0.25) is 0 Å². The Morgan fingerprint density at radius 2 is 1.53 bits per heavy atom. The van der Waals surface area contributed by atoms with Crippen LogP contribution in [0.5, 0.6) is 11.5 Å². The fourth-order valence-electron chi connectivity index (χ4n) is 2.32. The Kier molecular flexibility index (Phi) is 2.88. The zero-order valence-corrected chi connectivity index (χ0v) is 10.9. The van der Waals surface area contributed by atoms with Gasteiger partial charge in [-0.2, -0.15) is 0 Å². The molecule has 0 amide bonds. The van der Waals surface area contributed by atoms with E-state index >= 15 is 0 Å². The van der Waals surface area contributed by atoms with Gasteiger partial charge in [0.05, 0.1) is 25.5 Å². The maximum Gasteiger partial charge on any atom is 0.131 e. The van der Waals surface area contributed by atoms with Crippen LogP contribution in [0.1, 0.15) is 0 Å². The summed E-state index contributed by atoms with van der Waals surface area (Å²) in [5.41, 5.74) is 3.05. The molecular weight excluding hydrogens is 238 g/mol. The average Bonchev–Trinajstić information content (AvgIpc) is 2.89. The Labute approximate surface area is 111 Å². The smallest absolute Gasteiger partial charge is 0.131 e. The standard InChI is InChI=1S/C16H15NO2/c1-18-14-8-5-9-15(19-2)16(14)13-10-11-6-3-4-7-12(11)17-13/h3-10,17H,1-2H3. The van der Waals surface area contributed by atoms with Crippen molar-refractivity contribution in [3.8, 4) is 22.8 Å². The summed E-state index contributed by atoms with van der Waals surface area (Å²) in [6.07, 6.45) is 0.